The van der Waals surface area contributed by atoms with Gasteiger partial charge in [-0.05, 0) is 41.8 Å². The van der Waals surface area contributed by atoms with E-state index in [4.69, 9.17) is 4.74 Å². The van der Waals surface area contributed by atoms with E-state index < -0.39 is 5.97 Å². The van der Waals surface area contributed by atoms with Gasteiger partial charge in [-0.1, -0.05) is 30.3 Å². The number of carbonyl (C=O) groups excluding carboxylic acids is 1. The van der Waals surface area contributed by atoms with Crippen molar-refractivity contribution in [1.29, 1.82) is 0 Å². The van der Waals surface area contributed by atoms with Gasteiger partial charge in [-0.2, -0.15) is 5.10 Å². The molecule has 2 aromatic carbocycles. The van der Waals surface area contributed by atoms with Crippen LogP contribution in [0.15, 0.2) is 59.4 Å². The van der Waals surface area contributed by atoms with Gasteiger partial charge >= 0.3 is 5.97 Å². The Hall–Kier alpha value is -3.25. The molecule has 0 amide bonds. The van der Waals surface area contributed by atoms with Crippen LogP contribution in [-0.2, 0) is 17.9 Å². The summed E-state index contributed by atoms with van der Waals surface area (Å²) in [5.74, 6) is -0.428. The van der Waals surface area contributed by atoms with E-state index in [1.165, 1.54) is 17.9 Å². The van der Waals surface area contributed by atoms with Crippen LogP contribution in [0, 0.1) is 6.92 Å². The molecular formula is C21H20N2O4. The molecule has 0 aliphatic carbocycles. The second kappa shape index (κ2) is 7.97. The van der Waals surface area contributed by atoms with Gasteiger partial charge < -0.3 is 9.84 Å². The Labute approximate surface area is 156 Å². The minimum Gasteiger partial charge on any atom is -0.465 e. The number of esters is 1. The fraction of sp³-hybridized carbons (Fsp3) is 0.190. The Kier molecular flexibility index (Phi) is 5.47. The summed E-state index contributed by atoms with van der Waals surface area (Å²) in [7, 11) is 1.33. The van der Waals surface area contributed by atoms with Gasteiger partial charge in [-0.15, -0.1) is 0 Å². The van der Waals surface area contributed by atoms with Gasteiger partial charge in [0.15, 0.2) is 0 Å². The van der Waals surface area contributed by atoms with Crippen LogP contribution in [0.2, 0.25) is 0 Å². The van der Waals surface area contributed by atoms with Crippen LogP contribution >= 0.6 is 0 Å². The Bertz CT molecular complexity index is 1040. The third-order valence-electron chi connectivity index (χ3n) is 4.25. The first-order valence-corrected chi connectivity index (χ1v) is 8.48. The summed E-state index contributed by atoms with van der Waals surface area (Å²) in [6.07, 6.45) is 0. The second-order valence-electron chi connectivity index (χ2n) is 6.22. The number of ether oxygens (including phenoxy) is 1. The van der Waals surface area contributed by atoms with E-state index in [0.29, 0.717) is 11.3 Å². The molecule has 1 aromatic heterocycles. The molecule has 0 aliphatic heterocycles. The lowest BCUT2D eigenvalue weighted by molar-refractivity contribution is 0.0600. The summed E-state index contributed by atoms with van der Waals surface area (Å²) in [6, 6.07) is 15.9. The van der Waals surface area contributed by atoms with Crippen molar-refractivity contribution in [1.82, 2.24) is 9.78 Å². The zero-order valence-electron chi connectivity index (χ0n) is 15.2. The molecule has 0 saturated heterocycles. The van der Waals surface area contributed by atoms with Gasteiger partial charge in [0.05, 0.1) is 31.5 Å². The van der Waals surface area contributed by atoms with E-state index in [9.17, 15) is 14.7 Å². The summed E-state index contributed by atoms with van der Waals surface area (Å²) < 4.78 is 6.10. The van der Waals surface area contributed by atoms with Gasteiger partial charge in [0.25, 0.3) is 5.56 Å². The SMILES string of the molecule is COC(=O)c1cccc(Cn2nc(-c3cccc(CO)c3)c(C)cc2=O)c1. The highest BCUT2D eigenvalue weighted by molar-refractivity contribution is 5.89. The number of aromatic nitrogens is 2. The smallest absolute Gasteiger partial charge is 0.337 e. The fourth-order valence-corrected chi connectivity index (χ4v) is 2.88. The molecule has 0 aliphatic rings. The van der Waals surface area contributed by atoms with Crippen LogP contribution in [0.25, 0.3) is 11.3 Å². The Morgan fingerprint density at radius 1 is 1.11 bits per heavy atom. The molecule has 138 valence electrons. The van der Waals surface area contributed by atoms with Crippen LogP contribution in [0.1, 0.15) is 27.0 Å². The van der Waals surface area contributed by atoms with Crippen molar-refractivity contribution in [3.8, 4) is 11.3 Å². The quantitative estimate of drug-likeness (QED) is 0.704. The Balaban J connectivity index is 1.99. The van der Waals surface area contributed by atoms with Crippen molar-refractivity contribution in [3.05, 3.63) is 87.2 Å². The van der Waals surface area contributed by atoms with Crippen molar-refractivity contribution in [2.45, 2.75) is 20.1 Å². The summed E-state index contributed by atoms with van der Waals surface area (Å²) >= 11 is 0. The molecule has 6 nitrogen and oxygen atoms in total. The average molecular weight is 364 g/mol. The predicted octanol–water partition coefficient (Wildman–Crippen LogP) is 2.55. The molecule has 6 heteroatoms. The normalized spacial score (nSPS) is 10.6. The Morgan fingerprint density at radius 2 is 1.85 bits per heavy atom. The number of aryl methyl sites for hydroxylation is 1. The molecule has 1 N–H and O–H groups in total. The van der Waals surface area contributed by atoms with Crippen molar-refractivity contribution >= 4 is 5.97 Å². The van der Waals surface area contributed by atoms with Crippen molar-refractivity contribution in [2.75, 3.05) is 7.11 Å². The standard InChI is InChI=1S/C21H20N2O4/c1-14-9-19(25)23(12-15-5-3-8-18(10-15)21(26)27-2)22-20(14)17-7-4-6-16(11-17)13-24/h3-11,24H,12-13H2,1-2H3. The number of rotatable bonds is 5. The summed E-state index contributed by atoms with van der Waals surface area (Å²) in [4.78, 5) is 24.1. The lowest BCUT2D eigenvalue weighted by Gasteiger charge is -2.11. The maximum absolute atomic E-state index is 12.4. The molecule has 0 spiro atoms. The number of hydrogen-bond donors (Lipinski definition) is 1. The molecule has 0 fully saturated rings. The zero-order chi connectivity index (χ0) is 19.4. The molecule has 0 bridgehead atoms. The predicted molar refractivity (Wildman–Crippen MR) is 101 cm³/mol. The van der Waals surface area contributed by atoms with Gasteiger partial charge in [-0.3, -0.25) is 4.79 Å². The number of hydrogen-bond acceptors (Lipinski definition) is 5. The third kappa shape index (κ3) is 4.12. The molecule has 0 unspecified atom stereocenters. The third-order valence-corrected chi connectivity index (χ3v) is 4.25. The second-order valence-corrected chi connectivity index (χ2v) is 6.22. The topological polar surface area (TPSA) is 81.4 Å². The maximum Gasteiger partial charge on any atom is 0.337 e. The first-order chi connectivity index (χ1) is 13.0. The number of carbonyl (C=O) groups is 1. The lowest BCUT2D eigenvalue weighted by Crippen LogP contribution is -2.24. The molecule has 1 heterocycles. The zero-order valence-corrected chi connectivity index (χ0v) is 15.2. The minimum atomic E-state index is -0.428. The first-order valence-electron chi connectivity index (χ1n) is 8.48. The molecular weight excluding hydrogens is 344 g/mol. The van der Waals surface area contributed by atoms with E-state index in [2.05, 4.69) is 5.10 Å². The van der Waals surface area contributed by atoms with Crippen molar-refractivity contribution < 1.29 is 14.6 Å². The van der Waals surface area contributed by atoms with Crippen LogP contribution in [0.4, 0.5) is 0 Å². The van der Waals surface area contributed by atoms with E-state index in [-0.39, 0.29) is 18.7 Å². The summed E-state index contributed by atoms with van der Waals surface area (Å²) in [5.41, 5.74) is 4.01. The summed E-state index contributed by atoms with van der Waals surface area (Å²) in [5, 5.41) is 13.9. The molecule has 0 atom stereocenters. The Morgan fingerprint density at radius 3 is 2.59 bits per heavy atom. The molecule has 3 aromatic rings. The van der Waals surface area contributed by atoms with Crippen molar-refractivity contribution in [2.24, 2.45) is 0 Å². The average Bonchev–Trinajstić information content (AvgIpc) is 2.69. The number of aliphatic hydroxyl groups is 1. The van der Waals surface area contributed by atoms with E-state index in [1.54, 1.807) is 18.2 Å². The van der Waals surface area contributed by atoms with E-state index in [1.807, 2.05) is 37.3 Å². The van der Waals surface area contributed by atoms with Crippen molar-refractivity contribution in [3.63, 3.8) is 0 Å². The largest absolute Gasteiger partial charge is 0.465 e. The van der Waals surface area contributed by atoms with Gasteiger partial charge in [0, 0.05) is 11.6 Å². The lowest BCUT2D eigenvalue weighted by atomic mass is 10.0. The molecule has 27 heavy (non-hydrogen) atoms. The van der Waals surface area contributed by atoms with Crippen LogP contribution in [0.3, 0.4) is 0 Å². The highest BCUT2D eigenvalue weighted by Crippen LogP contribution is 2.21. The van der Waals surface area contributed by atoms with Crippen LogP contribution in [0.5, 0.6) is 0 Å². The highest BCUT2D eigenvalue weighted by Gasteiger charge is 2.11. The van der Waals surface area contributed by atoms with Crippen LogP contribution in [-0.4, -0.2) is 28.0 Å². The maximum atomic E-state index is 12.4. The molecule has 0 radical (unpaired) electrons. The highest BCUT2D eigenvalue weighted by atomic mass is 16.5. The molecule has 0 saturated carbocycles. The van der Waals surface area contributed by atoms with Gasteiger partial charge in [0.1, 0.15) is 0 Å². The van der Waals surface area contributed by atoms with Gasteiger partial charge in [0.2, 0.25) is 0 Å². The number of methoxy groups -OCH3 is 1. The number of benzene rings is 2. The summed E-state index contributed by atoms with van der Waals surface area (Å²) in [6.45, 7) is 2.00. The van der Waals surface area contributed by atoms with E-state index >= 15 is 0 Å². The number of aliphatic hydroxyl groups excluding tert-OH is 1. The van der Waals surface area contributed by atoms with Gasteiger partial charge in [-0.25, -0.2) is 9.48 Å². The minimum absolute atomic E-state index is 0.0627. The first kappa shape index (κ1) is 18.5. The number of nitrogens with zero attached hydrogens (tertiary/aromatic N) is 2. The monoisotopic (exact) mass is 364 g/mol. The van der Waals surface area contributed by atoms with E-state index in [0.717, 1.165) is 22.3 Å². The molecule has 3 rings (SSSR count). The van der Waals surface area contributed by atoms with Crippen LogP contribution < -0.4 is 5.56 Å². The fourth-order valence-electron chi connectivity index (χ4n) is 2.88.